The minimum atomic E-state index is -5.06. The molecule has 0 bridgehead atoms. The number of aromatic nitrogens is 1. The van der Waals surface area contributed by atoms with Crippen LogP contribution in [0.1, 0.15) is 34.6 Å². The molecule has 2 amide bonds. The fraction of sp³-hybridized carbons (Fsp3) is 0.321. The number of nitriles is 1. The van der Waals surface area contributed by atoms with Crippen LogP contribution in [0.25, 0.3) is 0 Å². The molecule has 2 unspecified atom stereocenters. The van der Waals surface area contributed by atoms with Crippen molar-refractivity contribution in [1.29, 1.82) is 5.26 Å². The first kappa shape index (κ1) is 29.6. The van der Waals surface area contributed by atoms with Crippen LogP contribution in [0, 0.1) is 17.1 Å². The largest absolute Gasteiger partial charge is 0.416 e. The molecule has 1 aromatic heterocycles. The second kappa shape index (κ2) is 11.3. The number of alkyl halides is 6. The fourth-order valence-electron chi connectivity index (χ4n) is 4.91. The number of amides is 2. The van der Waals surface area contributed by atoms with Gasteiger partial charge in [-0.2, -0.15) is 31.6 Å². The van der Waals surface area contributed by atoms with E-state index < -0.39 is 53.0 Å². The third-order valence-corrected chi connectivity index (χ3v) is 7.12. The number of benzene rings is 2. The monoisotopic (exact) mass is 579 g/mol. The Labute approximate surface area is 231 Å². The number of hydrogen-bond acceptors (Lipinski definition) is 4. The first-order chi connectivity index (χ1) is 19.2. The Balaban J connectivity index is 1.65. The summed E-state index contributed by atoms with van der Waals surface area (Å²) in [6, 6.07) is 10.6. The molecule has 0 aliphatic carbocycles. The summed E-state index contributed by atoms with van der Waals surface area (Å²) < 4.78 is 94.1. The van der Waals surface area contributed by atoms with Crippen molar-refractivity contribution in [3.63, 3.8) is 0 Å². The molecule has 0 radical (unpaired) electrons. The molecule has 2 aromatic carbocycles. The molecule has 0 saturated carbocycles. The van der Waals surface area contributed by atoms with Crippen LogP contribution in [0.5, 0.6) is 0 Å². The lowest BCUT2D eigenvalue weighted by molar-refractivity contribution is -0.143. The van der Waals surface area contributed by atoms with Gasteiger partial charge in [0.2, 0.25) is 0 Å². The van der Waals surface area contributed by atoms with E-state index in [1.807, 2.05) is 11.0 Å². The number of likely N-dealkylation sites (N-methyl/N-ethyl adjacent to an activating group) is 1. The molecule has 216 valence electrons. The zero-order valence-electron chi connectivity index (χ0n) is 21.8. The van der Waals surface area contributed by atoms with Gasteiger partial charge in [0.1, 0.15) is 17.7 Å². The van der Waals surface area contributed by atoms with Gasteiger partial charge in [-0.15, -0.1) is 0 Å². The lowest BCUT2D eigenvalue weighted by Gasteiger charge is -2.44. The highest BCUT2D eigenvalue weighted by atomic mass is 19.4. The van der Waals surface area contributed by atoms with Gasteiger partial charge in [0, 0.05) is 51.0 Å². The molecular weight excluding hydrogens is 555 g/mol. The summed E-state index contributed by atoms with van der Waals surface area (Å²) in [5, 5.41) is 9.05. The number of nitrogens with zero attached hydrogens (tertiary/aromatic N) is 5. The number of urea groups is 1. The van der Waals surface area contributed by atoms with Crippen molar-refractivity contribution < 1.29 is 35.5 Å². The summed E-state index contributed by atoms with van der Waals surface area (Å²) in [5.41, 5.74) is -2.58. The number of carbonyl (C=O) groups is 1. The maximum Gasteiger partial charge on any atom is 0.416 e. The molecule has 13 heteroatoms. The van der Waals surface area contributed by atoms with E-state index in [2.05, 4.69) is 4.98 Å². The average Bonchev–Trinajstić information content (AvgIpc) is 2.95. The van der Waals surface area contributed by atoms with Crippen molar-refractivity contribution in [2.24, 2.45) is 0 Å². The Morgan fingerprint density at radius 3 is 2.10 bits per heavy atom. The van der Waals surface area contributed by atoms with Gasteiger partial charge in [-0.05, 0) is 54.4 Å². The molecule has 2 heterocycles. The first-order valence-electron chi connectivity index (χ1n) is 12.4. The topological polar surface area (TPSA) is 63.5 Å². The second-order valence-electron chi connectivity index (χ2n) is 9.69. The van der Waals surface area contributed by atoms with Crippen LogP contribution in [0.2, 0.25) is 0 Å². The zero-order chi connectivity index (χ0) is 30.1. The van der Waals surface area contributed by atoms with Gasteiger partial charge < -0.3 is 9.80 Å². The normalized spacial score (nSPS) is 17.6. The van der Waals surface area contributed by atoms with Crippen LogP contribution < -0.4 is 9.80 Å². The van der Waals surface area contributed by atoms with E-state index in [4.69, 9.17) is 5.26 Å². The van der Waals surface area contributed by atoms with E-state index in [0.717, 1.165) is 11.9 Å². The van der Waals surface area contributed by atoms with E-state index in [0.29, 0.717) is 48.6 Å². The summed E-state index contributed by atoms with van der Waals surface area (Å²) in [7, 11) is 2.53. The van der Waals surface area contributed by atoms with E-state index in [1.54, 1.807) is 24.3 Å². The number of piperidine rings is 1. The van der Waals surface area contributed by atoms with E-state index in [9.17, 15) is 35.5 Å². The minimum Gasteiger partial charge on any atom is -0.356 e. The van der Waals surface area contributed by atoms with Crippen LogP contribution in [0.15, 0.2) is 60.8 Å². The number of halogens is 7. The molecule has 41 heavy (non-hydrogen) atoms. The van der Waals surface area contributed by atoms with Crippen LogP contribution in [0.4, 0.5) is 47.0 Å². The molecule has 6 nitrogen and oxygen atoms in total. The van der Waals surface area contributed by atoms with Crippen molar-refractivity contribution in [3.05, 3.63) is 88.9 Å². The molecule has 1 saturated heterocycles. The number of carbonyl (C=O) groups excluding carboxylic acids is 1. The molecule has 1 fully saturated rings. The van der Waals surface area contributed by atoms with E-state index in [-0.39, 0.29) is 6.07 Å². The molecule has 0 N–H and O–H groups in total. The van der Waals surface area contributed by atoms with Crippen molar-refractivity contribution in [3.8, 4) is 6.07 Å². The number of rotatable bonds is 4. The maximum absolute atomic E-state index is 13.7. The Morgan fingerprint density at radius 2 is 1.59 bits per heavy atom. The standard InChI is InChI=1S/C28H24F7N5O/c1-38(22-12-19(27(30,31)32)11-20(13-22)28(33,34)35)26(41)39(2)24-9-10-40(25-8-3-17(14-36)15-37-25)16-23(24)18-4-6-21(29)7-5-18/h3-8,11-13,15,23-24H,9-10,16H2,1-2H3. The van der Waals surface area contributed by atoms with E-state index in [1.165, 1.54) is 30.3 Å². The molecule has 3 aromatic rings. The van der Waals surface area contributed by atoms with Crippen LogP contribution >= 0.6 is 0 Å². The summed E-state index contributed by atoms with van der Waals surface area (Å²) >= 11 is 0. The zero-order valence-corrected chi connectivity index (χ0v) is 21.8. The maximum atomic E-state index is 13.7. The predicted octanol–water partition coefficient (Wildman–Crippen LogP) is 6.68. The first-order valence-corrected chi connectivity index (χ1v) is 12.4. The lowest BCUT2D eigenvalue weighted by atomic mass is 9.85. The molecule has 1 aliphatic rings. The average molecular weight is 580 g/mol. The minimum absolute atomic E-state index is 0.00298. The summed E-state index contributed by atoms with van der Waals surface area (Å²) in [5.74, 6) is -0.318. The van der Waals surface area contributed by atoms with Gasteiger partial charge in [-0.3, -0.25) is 4.90 Å². The summed E-state index contributed by atoms with van der Waals surface area (Å²) in [4.78, 5) is 21.8. The highest BCUT2D eigenvalue weighted by Gasteiger charge is 2.39. The van der Waals surface area contributed by atoms with E-state index >= 15 is 0 Å². The third kappa shape index (κ3) is 6.53. The van der Waals surface area contributed by atoms with Gasteiger partial charge in [0.15, 0.2) is 0 Å². The molecule has 2 atom stereocenters. The predicted molar refractivity (Wildman–Crippen MR) is 137 cm³/mol. The summed E-state index contributed by atoms with van der Waals surface area (Å²) in [6.45, 7) is 0.725. The van der Waals surface area contributed by atoms with Gasteiger partial charge >= 0.3 is 18.4 Å². The van der Waals surface area contributed by atoms with Crippen LogP contribution in [0.3, 0.4) is 0 Å². The summed E-state index contributed by atoms with van der Waals surface area (Å²) in [6.07, 6.45) is -8.35. The van der Waals surface area contributed by atoms with Crippen molar-refractivity contribution in [2.75, 3.05) is 37.0 Å². The number of anilines is 2. The number of pyridine rings is 1. The van der Waals surface area contributed by atoms with Gasteiger partial charge in [0.05, 0.1) is 16.7 Å². The Morgan fingerprint density at radius 1 is 0.976 bits per heavy atom. The molecule has 4 rings (SSSR count). The van der Waals surface area contributed by atoms with Gasteiger partial charge in [-0.25, -0.2) is 14.2 Å². The second-order valence-corrected chi connectivity index (χ2v) is 9.69. The van der Waals surface area contributed by atoms with Crippen LogP contribution in [-0.2, 0) is 12.4 Å². The molecular formula is C28H24F7N5O. The molecule has 0 spiro atoms. The quantitative estimate of drug-likeness (QED) is 0.324. The Hall–Kier alpha value is -4.34. The van der Waals surface area contributed by atoms with Crippen molar-refractivity contribution in [1.82, 2.24) is 9.88 Å². The Kier molecular flexibility index (Phi) is 8.15. The Bertz CT molecular complexity index is 1400. The highest BCUT2D eigenvalue weighted by Crippen LogP contribution is 2.39. The highest BCUT2D eigenvalue weighted by molar-refractivity contribution is 5.92. The van der Waals surface area contributed by atoms with Crippen molar-refractivity contribution >= 4 is 17.5 Å². The third-order valence-electron chi connectivity index (χ3n) is 7.12. The fourth-order valence-corrected chi connectivity index (χ4v) is 4.91. The smallest absolute Gasteiger partial charge is 0.356 e. The molecule has 1 aliphatic heterocycles. The lowest BCUT2D eigenvalue weighted by Crippen LogP contribution is -2.53. The van der Waals surface area contributed by atoms with Gasteiger partial charge in [0.25, 0.3) is 0 Å². The SMILES string of the molecule is CN(C(=O)N(C)C1CCN(c2ccc(C#N)cn2)CC1c1ccc(F)cc1)c1cc(C(F)(F)F)cc(C(F)(F)F)c1. The van der Waals surface area contributed by atoms with Crippen molar-refractivity contribution in [2.45, 2.75) is 30.7 Å². The van der Waals surface area contributed by atoms with Gasteiger partial charge in [-0.1, -0.05) is 12.1 Å². The van der Waals surface area contributed by atoms with Crippen LogP contribution in [-0.4, -0.2) is 49.1 Å². The number of hydrogen-bond donors (Lipinski definition) is 0.